The van der Waals surface area contributed by atoms with Crippen LogP contribution >= 0.6 is 0 Å². The number of carboxylic acid groups (broad SMARTS) is 1. The molecule has 3 rings (SSSR count). The van der Waals surface area contributed by atoms with Crippen LogP contribution in [0.3, 0.4) is 0 Å². The Kier molecular flexibility index (Phi) is 4.92. The van der Waals surface area contributed by atoms with E-state index in [1.807, 2.05) is 6.07 Å². The lowest BCUT2D eigenvalue weighted by atomic mass is 9.63. The van der Waals surface area contributed by atoms with Gasteiger partial charge in [0.05, 0.1) is 11.1 Å². The Morgan fingerprint density at radius 1 is 0.929 bits per heavy atom. The van der Waals surface area contributed by atoms with Gasteiger partial charge in [-0.05, 0) is 70.7 Å². The average molecular weight is 378 g/mol. The first-order chi connectivity index (χ1) is 13.0. The van der Waals surface area contributed by atoms with E-state index in [0.717, 1.165) is 29.5 Å². The zero-order chi connectivity index (χ0) is 20.7. The van der Waals surface area contributed by atoms with Crippen molar-refractivity contribution in [3.8, 4) is 5.75 Å². The second-order valence-electron chi connectivity index (χ2n) is 8.81. The molecule has 4 heteroatoms. The van der Waals surface area contributed by atoms with Crippen molar-refractivity contribution in [3.63, 3.8) is 0 Å². The van der Waals surface area contributed by atoms with Crippen LogP contribution in [0.5, 0.6) is 5.75 Å². The first-order valence-corrected chi connectivity index (χ1v) is 9.45. The minimum Gasteiger partial charge on any atom is -0.507 e. The Labute approximate surface area is 165 Å². The van der Waals surface area contributed by atoms with Gasteiger partial charge in [-0.1, -0.05) is 45.9 Å². The summed E-state index contributed by atoms with van der Waals surface area (Å²) in [6.07, 6.45) is 5.10. The Balaban J connectivity index is 1.93. The summed E-state index contributed by atoms with van der Waals surface area (Å²) >= 11 is 0. The van der Waals surface area contributed by atoms with Gasteiger partial charge in [0.1, 0.15) is 5.75 Å². The summed E-state index contributed by atoms with van der Waals surface area (Å²) < 4.78 is 0. The van der Waals surface area contributed by atoms with Crippen LogP contribution in [0, 0.1) is 0 Å². The summed E-state index contributed by atoms with van der Waals surface area (Å²) in [6, 6.07) is 9.86. The third-order valence-electron chi connectivity index (χ3n) is 5.82. The Morgan fingerprint density at radius 2 is 1.46 bits per heavy atom. The Bertz CT molecular complexity index is 963. The van der Waals surface area contributed by atoms with Crippen LogP contribution in [0.4, 0.5) is 0 Å². The van der Waals surface area contributed by atoms with Gasteiger partial charge in [-0.25, -0.2) is 4.79 Å². The number of phenols is 1. The summed E-state index contributed by atoms with van der Waals surface area (Å²) in [7, 11) is 0. The highest BCUT2D eigenvalue weighted by Gasteiger charge is 2.38. The number of fused-ring (bicyclic) bond motifs is 1. The maximum atomic E-state index is 12.7. The molecule has 0 aromatic heterocycles. The first-order valence-electron chi connectivity index (χ1n) is 9.45. The lowest BCUT2D eigenvalue weighted by Gasteiger charge is -2.42. The molecule has 4 nitrogen and oxygen atoms in total. The number of aromatic carboxylic acids is 1. The van der Waals surface area contributed by atoms with E-state index < -0.39 is 5.97 Å². The quantitative estimate of drug-likeness (QED) is 0.556. The van der Waals surface area contributed by atoms with Crippen molar-refractivity contribution in [2.24, 2.45) is 0 Å². The maximum absolute atomic E-state index is 12.7. The average Bonchev–Trinajstić information content (AvgIpc) is 2.63. The highest BCUT2D eigenvalue weighted by molar-refractivity contribution is 6.08. The topological polar surface area (TPSA) is 74.6 Å². The van der Waals surface area contributed by atoms with Crippen LogP contribution in [-0.2, 0) is 10.8 Å². The SMILES string of the molecule is CC1(C)CCC(C)(C)c2cc(C(=O)C=Cc3ccc(C(=O)O)cc3)c(O)cc21. The van der Waals surface area contributed by atoms with Gasteiger partial charge < -0.3 is 10.2 Å². The second-order valence-corrected chi connectivity index (χ2v) is 8.81. The number of carbonyl (C=O) groups excluding carboxylic acids is 1. The molecule has 28 heavy (non-hydrogen) atoms. The summed E-state index contributed by atoms with van der Waals surface area (Å²) in [5.74, 6) is -1.27. The lowest BCUT2D eigenvalue weighted by molar-refractivity contribution is 0.0696. The van der Waals surface area contributed by atoms with Crippen LogP contribution < -0.4 is 0 Å². The van der Waals surface area contributed by atoms with E-state index in [0.29, 0.717) is 5.56 Å². The number of carboxylic acids is 1. The lowest BCUT2D eigenvalue weighted by Crippen LogP contribution is -2.34. The van der Waals surface area contributed by atoms with Crippen LogP contribution in [0.2, 0.25) is 0 Å². The minimum atomic E-state index is -0.990. The highest BCUT2D eigenvalue weighted by atomic mass is 16.4. The zero-order valence-corrected chi connectivity index (χ0v) is 16.7. The molecule has 0 aliphatic heterocycles. The van der Waals surface area contributed by atoms with Crippen molar-refractivity contribution >= 4 is 17.8 Å². The van der Waals surface area contributed by atoms with Crippen LogP contribution in [0.15, 0.2) is 42.5 Å². The maximum Gasteiger partial charge on any atom is 0.335 e. The van der Waals surface area contributed by atoms with E-state index >= 15 is 0 Å². The monoisotopic (exact) mass is 378 g/mol. The van der Waals surface area contributed by atoms with Crippen LogP contribution in [0.25, 0.3) is 6.08 Å². The molecule has 146 valence electrons. The fourth-order valence-corrected chi connectivity index (χ4v) is 3.80. The number of rotatable bonds is 4. The van der Waals surface area contributed by atoms with E-state index in [4.69, 9.17) is 5.11 Å². The van der Waals surface area contributed by atoms with Crippen LogP contribution in [0.1, 0.15) is 77.9 Å². The molecular weight excluding hydrogens is 352 g/mol. The molecule has 0 heterocycles. The third kappa shape index (κ3) is 3.72. The molecule has 0 saturated carbocycles. The summed E-state index contributed by atoms with van der Waals surface area (Å²) in [5.41, 5.74) is 3.34. The minimum absolute atomic E-state index is 0.000370. The second kappa shape index (κ2) is 6.93. The predicted octanol–water partition coefficient (Wildman–Crippen LogP) is 5.34. The van der Waals surface area contributed by atoms with Gasteiger partial charge in [-0.2, -0.15) is 0 Å². The number of allylic oxidation sites excluding steroid dienone is 1. The molecule has 0 saturated heterocycles. The number of ketones is 1. The fourth-order valence-electron chi connectivity index (χ4n) is 3.80. The van der Waals surface area contributed by atoms with Crippen molar-refractivity contribution in [1.29, 1.82) is 0 Å². The first kappa shape index (κ1) is 19.9. The molecule has 0 spiro atoms. The van der Waals surface area contributed by atoms with Gasteiger partial charge in [-0.15, -0.1) is 0 Å². The van der Waals surface area contributed by atoms with Crippen molar-refractivity contribution < 1.29 is 19.8 Å². The molecule has 0 fully saturated rings. The largest absolute Gasteiger partial charge is 0.507 e. The number of aromatic hydroxyl groups is 1. The molecule has 0 amide bonds. The number of phenolic OH excluding ortho intramolecular Hbond substituents is 1. The van der Waals surface area contributed by atoms with Gasteiger partial charge in [0, 0.05) is 0 Å². The molecular formula is C24H26O4. The summed E-state index contributed by atoms with van der Waals surface area (Å²) in [6.45, 7) is 8.68. The standard InChI is InChI=1S/C24H26O4/c1-23(2)11-12-24(3,4)19-14-21(26)17(13-18(19)23)20(25)10-7-15-5-8-16(9-6-15)22(27)28/h5-10,13-14,26H,11-12H2,1-4H3,(H,27,28). The molecule has 1 aliphatic carbocycles. The Morgan fingerprint density at radius 3 is 2.00 bits per heavy atom. The molecule has 2 aromatic rings. The normalized spacial score (nSPS) is 17.3. The van der Waals surface area contributed by atoms with E-state index in [1.54, 1.807) is 24.3 Å². The van der Waals surface area contributed by atoms with Crippen molar-refractivity contribution in [2.75, 3.05) is 0 Å². The fraction of sp³-hybridized carbons (Fsp3) is 0.333. The molecule has 0 bridgehead atoms. The third-order valence-corrected chi connectivity index (χ3v) is 5.82. The molecule has 0 radical (unpaired) electrons. The molecule has 1 aliphatic rings. The Hall–Kier alpha value is -2.88. The molecule has 0 unspecified atom stereocenters. The smallest absolute Gasteiger partial charge is 0.335 e. The van der Waals surface area contributed by atoms with Gasteiger partial charge in [0.25, 0.3) is 0 Å². The molecule has 2 aromatic carbocycles. The van der Waals surface area contributed by atoms with Crippen LogP contribution in [-0.4, -0.2) is 22.0 Å². The van der Waals surface area contributed by atoms with Gasteiger partial charge >= 0.3 is 5.97 Å². The number of hydrogen-bond acceptors (Lipinski definition) is 3. The van der Waals surface area contributed by atoms with E-state index in [-0.39, 0.29) is 27.9 Å². The number of hydrogen-bond donors (Lipinski definition) is 2. The van der Waals surface area contributed by atoms with Gasteiger partial charge in [-0.3, -0.25) is 4.79 Å². The van der Waals surface area contributed by atoms with Gasteiger partial charge in [0.2, 0.25) is 0 Å². The summed E-state index contributed by atoms with van der Waals surface area (Å²) in [4.78, 5) is 23.6. The van der Waals surface area contributed by atoms with E-state index in [9.17, 15) is 14.7 Å². The van der Waals surface area contributed by atoms with Gasteiger partial charge in [0.15, 0.2) is 5.78 Å². The predicted molar refractivity (Wildman–Crippen MR) is 110 cm³/mol. The van der Waals surface area contributed by atoms with Crippen molar-refractivity contribution in [2.45, 2.75) is 51.4 Å². The van der Waals surface area contributed by atoms with E-state index in [2.05, 4.69) is 27.7 Å². The van der Waals surface area contributed by atoms with Crippen molar-refractivity contribution in [1.82, 2.24) is 0 Å². The highest BCUT2D eigenvalue weighted by Crippen LogP contribution is 2.47. The van der Waals surface area contributed by atoms with E-state index in [1.165, 1.54) is 18.2 Å². The molecule has 0 atom stereocenters. The number of benzene rings is 2. The summed E-state index contributed by atoms with van der Waals surface area (Å²) in [5, 5.41) is 19.5. The molecule has 2 N–H and O–H groups in total. The number of carbonyl (C=O) groups is 2. The zero-order valence-electron chi connectivity index (χ0n) is 16.7. The van der Waals surface area contributed by atoms with Crippen molar-refractivity contribution in [3.05, 3.63) is 70.3 Å².